The van der Waals surface area contributed by atoms with Crippen molar-refractivity contribution in [1.29, 1.82) is 0 Å². The van der Waals surface area contributed by atoms with Gasteiger partial charge in [0, 0.05) is 0 Å². The molecule has 0 atom stereocenters. The van der Waals surface area contributed by atoms with E-state index in [9.17, 15) is 14.4 Å². The zero-order chi connectivity index (χ0) is 12.0. The molecule has 5 nitrogen and oxygen atoms in total. The highest BCUT2D eigenvalue weighted by atomic mass is 16.6. The molecular weight excluding hydrogens is 212 g/mol. The maximum Gasteiger partial charge on any atom is 0.346 e. The lowest BCUT2D eigenvalue weighted by atomic mass is 10.1. The largest absolute Gasteiger partial charge is 0.468 e. The summed E-state index contributed by atoms with van der Waals surface area (Å²) < 4.78 is 8.51. The lowest BCUT2D eigenvalue weighted by molar-refractivity contribution is -0.128. The molecule has 0 saturated carbocycles. The van der Waals surface area contributed by atoms with Crippen molar-refractivity contribution < 1.29 is 23.9 Å². The van der Waals surface area contributed by atoms with Crippen LogP contribution < -0.4 is 0 Å². The van der Waals surface area contributed by atoms with E-state index in [1.165, 1.54) is 0 Å². The normalized spacial score (nSPS) is 12.1. The Kier molecular flexibility index (Phi) is 4.20. The summed E-state index contributed by atoms with van der Waals surface area (Å²) in [4.78, 5) is 30.8. The van der Waals surface area contributed by atoms with Crippen molar-refractivity contribution in [3.8, 4) is 0 Å². The van der Waals surface area contributed by atoms with Crippen molar-refractivity contribution in [1.82, 2.24) is 0 Å². The number of fused-ring (bicyclic) bond motifs is 1. The molecule has 0 aliphatic carbocycles. The number of ether oxygens (including phenoxy) is 2. The van der Waals surface area contributed by atoms with E-state index in [2.05, 4.69) is 9.47 Å². The van der Waals surface area contributed by atoms with E-state index in [1.807, 2.05) is 0 Å². The summed E-state index contributed by atoms with van der Waals surface area (Å²) in [6, 6.07) is 6.53. The lowest BCUT2D eigenvalue weighted by Gasteiger charge is -1.86. The smallest absolute Gasteiger partial charge is 0.346 e. The van der Waals surface area contributed by atoms with Crippen molar-refractivity contribution in [3.05, 3.63) is 35.4 Å². The van der Waals surface area contributed by atoms with Gasteiger partial charge in [-0.3, -0.25) is 4.79 Å². The van der Waals surface area contributed by atoms with E-state index in [0.29, 0.717) is 24.2 Å². The van der Waals surface area contributed by atoms with Crippen LogP contribution in [0.1, 0.15) is 27.6 Å². The molecule has 1 aromatic rings. The SMILES string of the molecule is CCOC=O.O=C1OC(=O)c2ccccc21. The maximum atomic E-state index is 10.8. The third kappa shape index (κ3) is 2.66. The summed E-state index contributed by atoms with van der Waals surface area (Å²) in [6.45, 7) is 2.66. The topological polar surface area (TPSA) is 69.7 Å². The summed E-state index contributed by atoms with van der Waals surface area (Å²) in [5.41, 5.74) is 0.718. The van der Waals surface area contributed by atoms with Crippen molar-refractivity contribution in [3.63, 3.8) is 0 Å². The van der Waals surface area contributed by atoms with E-state index >= 15 is 0 Å². The molecule has 0 saturated heterocycles. The molecule has 16 heavy (non-hydrogen) atoms. The van der Waals surface area contributed by atoms with Gasteiger partial charge in [-0.2, -0.15) is 0 Å². The third-order valence-corrected chi connectivity index (χ3v) is 1.79. The molecule has 0 N–H and O–H groups in total. The number of rotatable bonds is 2. The summed E-state index contributed by atoms with van der Waals surface area (Å²) in [6.07, 6.45) is 0. The molecule has 84 valence electrons. The van der Waals surface area contributed by atoms with Crippen LogP contribution in [0.2, 0.25) is 0 Å². The predicted octanol–water partition coefficient (Wildman–Crippen LogP) is 1.18. The van der Waals surface area contributed by atoms with Crippen LogP contribution in [0.15, 0.2) is 24.3 Å². The minimum atomic E-state index is -0.550. The first-order valence-corrected chi connectivity index (χ1v) is 4.61. The highest BCUT2D eigenvalue weighted by molar-refractivity contribution is 6.14. The van der Waals surface area contributed by atoms with E-state index in [4.69, 9.17) is 0 Å². The summed E-state index contributed by atoms with van der Waals surface area (Å²) in [7, 11) is 0. The van der Waals surface area contributed by atoms with E-state index in [0.717, 1.165) is 0 Å². The van der Waals surface area contributed by atoms with Gasteiger partial charge in [-0.25, -0.2) is 9.59 Å². The average molecular weight is 222 g/mol. The minimum absolute atomic E-state index is 0.359. The number of esters is 2. The Morgan fingerprint density at radius 1 is 1.19 bits per heavy atom. The monoisotopic (exact) mass is 222 g/mol. The standard InChI is InChI=1S/C8H4O3.C3H6O2/c9-7-5-3-1-2-4-6(5)8(10)11-7;1-2-5-3-4/h1-4H;3H,2H2,1H3. The molecule has 0 amide bonds. The van der Waals surface area contributed by atoms with Crippen LogP contribution in [0.3, 0.4) is 0 Å². The van der Waals surface area contributed by atoms with E-state index in [1.54, 1.807) is 31.2 Å². The molecule has 5 heteroatoms. The number of cyclic esters (lactones) is 2. The number of hydrogen-bond donors (Lipinski definition) is 0. The first-order valence-electron chi connectivity index (χ1n) is 4.61. The molecule has 0 aromatic heterocycles. The molecule has 0 unspecified atom stereocenters. The molecule has 1 heterocycles. The second kappa shape index (κ2) is 5.65. The fourth-order valence-corrected chi connectivity index (χ4v) is 1.10. The molecule has 1 aliphatic rings. The van der Waals surface area contributed by atoms with Crippen LogP contribution in [-0.4, -0.2) is 25.0 Å². The summed E-state index contributed by atoms with van der Waals surface area (Å²) in [5.74, 6) is -1.10. The molecular formula is C11H10O5. The Labute approximate surface area is 92.0 Å². The maximum absolute atomic E-state index is 10.8. The van der Waals surface area contributed by atoms with Crippen LogP contribution in [-0.2, 0) is 14.3 Å². The Balaban J connectivity index is 0.000000221. The predicted molar refractivity (Wildman–Crippen MR) is 53.9 cm³/mol. The fraction of sp³-hybridized carbons (Fsp3) is 0.182. The quantitative estimate of drug-likeness (QED) is 0.427. The second-order valence-corrected chi connectivity index (χ2v) is 2.77. The zero-order valence-electron chi connectivity index (χ0n) is 8.64. The number of hydrogen-bond acceptors (Lipinski definition) is 5. The van der Waals surface area contributed by atoms with Gasteiger partial charge in [-0.15, -0.1) is 0 Å². The summed E-state index contributed by atoms with van der Waals surface area (Å²) >= 11 is 0. The highest BCUT2D eigenvalue weighted by Crippen LogP contribution is 2.18. The fourth-order valence-electron chi connectivity index (χ4n) is 1.10. The van der Waals surface area contributed by atoms with Crippen molar-refractivity contribution in [2.24, 2.45) is 0 Å². The van der Waals surface area contributed by atoms with Gasteiger partial charge < -0.3 is 9.47 Å². The minimum Gasteiger partial charge on any atom is -0.468 e. The molecule has 0 bridgehead atoms. The van der Waals surface area contributed by atoms with E-state index < -0.39 is 11.9 Å². The van der Waals surface area contributed by atoms with Crippen LogP contribution in [0.5, 0.6) is 0 Å². The van der Waals surface area contributed by atoms with Gasteiger partial charge in [0.1, 0.15) is 0 Å². The molecule has 1 aliphatic heterocycles. The first kappa shape index (κ1) is 11.9. The number of carbonyl (C=O) groups is 3. The van der Waals surface area contributed by atoms with E-state index in [-0.39, 0.29) is 0 Å². The van der Waals surface area contributed by atoms with Crippen molar-refractivity contribution in [2.45, 2.75) is 6.92 Å². The Morgan fingerprint density at radius 2 is 1.69 bits per heavy atom. The molecule has 2 rings (SSSR count). The number of benzene rings is 1. The second-order valence-electron chi connectivity index (χ2n) is 2.77. The molecule has 0 radical (unpaired) electrons. The highest BCUT2D eigenvalue weighted by Gasteiger charge is 2.28. The van der Waals surface area contributed by atoms with Gasteiger partial charge >= 0.3 is 11.9 Å². The molecule has 0 fully saturated rings. The van der Waals surface area contributed by atoms with Gasteiger partial charge in [0.25, 0.3) is 6.47 Å². The van der Waals surface area contributed by atoms with Gasteiger partial charge in [-0.05, 0) is 19.1 Å². The van der Waals surface area contributed by atoms with Crippen LogP contribution in [0.25, 0.3) is 0 Å². The first-order chi connectivity index (χ1) is 7.70. The van der Waals surface area contributed by atoms with Crippen LogP contribution in [0.4, 0.5) is 0 Å². The average Bonchev–Trinajstić information content (AvgIpc) is 2.58. The molecule has 0 spiro atoms. The van der Waals surface area contributed by atoms with Gasteiger partial charge in [0.15, 0.2) is 0 Å². The van der Waals surface area contributed by atoms with Gasteiger partial charge in [0.2, 0.25) is 0 Å². The third-order valence-electron chi connectivity index (χ3n) is 1.79. The van der Waals surface area contributed by atoms with Crippen LogP contribution in [0, 0.1) is 0 Å². The lowest BCUT2D eigenvalue weighted by Crippen LogP contribution is -1.96. The Bertz CT molecular complexity index is 378. The zero-order valence-corrected chi connectivity index (χ0v) is 8.64. The van der Waals surface area contributed by atoms with Gasteiger partial charge in [-0.1, -0.05) is 12.1 Å². The number of carbonyl (C=O) groups excluding carboxylic acids is 3. The van der Waals surface area contributed by atoms with Gasteiger partial charge in [0.05, 0.1) is 17.7 Å². The Hall–Kier alpha value is -2.17. The van der Waals surface area contributed by atoms with Crippen molar-refractivity contribution >= 4 is 18.4 Å². The van der Waals surface area contributed by atoms with Crippen molar-refractivity contribution in [2.75, 3.05) is 6.61 Å². The van der Waals surface area contributed by atoms with Crippen LogP contribution >= 0.6 is 0 Å². The molecule has 1 aromatic carbocycles. The Morgan fingerprint density at radius 3 is 2.00 bits per heavy atom. The summed E-state index contributed by atoms with van der Waals surface area (Å²) in [5, 5.41) is 0.